The predicted molar refractivity (Wildman–Crippen MR) is 74.5 cm³/mol. The first kappa shape index (κ1) is 14.5. The molecule has 2 nitrogen and oxygen atoms in total. The quantitative estimate of drug-likeness (QED) is 0.920. The van der Waals surface area contributed by atoms with Crippen LogP contribution in [0.4, 0.5) is 8.78 Å². The molecule has 0 radical (unpaired) electrons. The lowest BCUT2D eigenvalue weighted by Gasteiger charge is -2.11. The van der Waals surface area contributed by atoms with E-state index in [2.05, 4.69) is 0 Å². The number of hydrogen-bond donors (Lipinski definition) is 1. The Balaban J connectivity index is 2.11. The molecule has 2 aromatic carbocycles. The normalized spacial score (nSPS) is 12.2. The van der Waals surface area contributed by atoms with Crippen LogP contribution in [0.2, 0.25) is 0 Å². The maximum absolute atomic E-state index is 13.8. The van der Waals surface area contributed by atoms with Gasteiger partial charge in [-0.1, -0.05) is 12.1 Å². The zero-order valence-electron chi connectivity index (χ0n) is 11.5. The molecule has 0 aliphatic heterocycles. The fraction of sp³-hybridized carbons (Fsp3) is 0.250. The molecule has 0 aliphatic carbocycles. The van der Waals surface area contributed by atoms with Crippen LogP contribution >= 0.6 is 0 Å². The van der Waals surface area contributed by atoms with Gasteiger partial charge in [0.25, 0.3) is 0 Å². The highest BCUT2D eigenvalue weighted by Gasteiger charge is 2.08. The van der Waals surface area contributed by atoms with Crippen LogP contribution < -0.4 is 10.5 Å². The van der Waals surface area contributed by atoms with Gasteiger partial charge in [0.15, 0.2) is 0 Å². The zero-order chi connectivity index (χ0) is 14.7. The van der Waals surface area contributed by atoms with E-state index in [1.165, 1.54) is 18.2 Å². The molecule has 0 spiro atoms. The predicted octanol–water partition coefficient (Wildman–Crippen LogP) is 3.87. The van der Waals surface area contributed by atoms with Crippen LogP contribution in [0.1, 0.15) is 29.7 Å². The second-order valence-electron chi connectivity index (χ2n) is 4.83. The summed E-state index contributed by atoms with van der Waals surface area (Å²) in [6.07, 6.45) is 0. The van der Waals surface area contributed by atoms with E-state index in [9.17, 15) is 8.78 Å². The van der Waals surface area contributed by atoms with Crippen molar-refractivity contribution in [3.05, 3.63) is 64.7 Å². The second-order valence-corrected chi connectivity index (χ2v) is 4.83. The molecule has 0 aliphatic rings. The number of nitrogens with two attached hydrogens (primary N) is 1. The fourth-order valence-electron chi connectivity index (χ4n) is 1.92. The van der Waals surface area contributed by atoms with E-state index >= 15 is 0 Å². The molecule has 0 aromatic heterocycles. The maximum atomic E-state index is 13.8. The van der Waals surface area contributed by atoms with Crippen molar-refractivity contribution in [2.45, 2.75) is 26.5 Å². The van der Waals surface area contributed by atoms with Gasteiger partial charge in [-0.3, -0.25) is 0 Å². The summed E-state index contributed by atoms with van der Waals surface area (Å²) < 4.78 is 32.4. The van der Waals surface area contributed by atoms with Gasteiger partial charge in [0.1, 0.15) is 24.0 Å². The van der Waals surface area contributed by atoms with Crippen molar-refractivity contribution in [3.63, 3.8) is 0 Å². The number of ether oxygens (including phenoxy) is 1. The van der Waals surface area contributed by atoms with Crippen LogP contribution in [0.3, 0.4) is 0 Å². The van der Waals surface area contributed by atoms with E-state index < -0.39 is 5.82 Å². The minimum absolute atomic E-state index is 0.195. The maximum Gasteiger partial charge on any atom is 0.131 e. The minimum atomic E-state index is -0.395. The molecule has 2 aromatic rings. The molecule has 1 unspecified atom stereocenters. The van der Waals surface area contributed by atoms with E-state index in [0.29, 0.717) is 11.3 Å². The molecule has 0 saturated carbocycles. The van der Waals surface area contributed by atoms with E-state index in [0.717, 1.165) is 11.1 Å². The molecule has 0 heterocycles. The van der Waals surface area contributed by atoms with Crippen LogP contribution in [0.25, 0.3) is 0 Å². The monoisotopic (exact) mass is 277 g/mol. The molecule has 2 rings (SSSR count). The SMILES string of the molecule is Cc1ccc(F)cc1COc1ccc(C(C)N)c(F)c1. The van der Waals surface area contributed by atoms with Gasteiger partial charge < -0.3 is 10.5 Å². The average molecular weight is 277 g/mol. The lowest BCUT2D eigenvalue weighted by Crippen LogP contribution is -2.07. The standard InChI is InChI=1S/C16H17F2NO/c1-10-3-4-13(17)7-12(10)9-20-14-5-6-15(11(2)19)16(18)8-14/h3-8,11H,9,19H2,1-2H3. The first-order chi connectivity index (χ1) is 9.47. The van der Waals surface area contributed by atoms with Gasteiger partial charge in [-0.25, -0.2) is 8.78 Å². The molecule has 0 bridgehead atoms. The van der Waals surface area contributed by atoms with Crippen LogP contribution in [-0.2, 0) is 6.61 Å². The van der Waals surface area contributed by atoms with Gasteiger partial charge in [0.2, 0.25) is 0 Å². The number of benzene rings is 2. The molecule has 0 amide bonds. The van der Waals surface area contributed by atoms with Gasteiger partial charge in [0.05, 0.1) is 0 Å². The molecule has 2 N–H and O–H groups in total. The summed E-state index contributed by atoms with van der Waals surface area (Å²) >= 11 is 0. The summed E-state index contributed by atoms with van der Waals surface area (Å²) in [7, 11) is 0. The molecular weight excluding hydrogens is 260 g/mol. The Bertz CT molecular complexity index is 611. The summed E-state index contributed by atoms with van der Waals surface area (Å²) in [6, 6.07) is 8.71. The average Bonchev–Trinajstić information content (AvgIpc) is 2.39. The molecule has 0 saturated heterocycles. The highest BCUT2D eigenvalue weighted by atomic mass is 19.1. The Labute approximate surface area is 117 Å². The smallest absolute Gasteiger partial charge is 0.131 e. The first-order valence-corrected chi connectivity index (χ1v) is 6.40. The Kier molecular flexibility index (Phi) is 4.35. The van der Waals surface area contributed by atoms with Crippen molar-refractivity contribution in [1.82, 2.24) is 0 Å². The number of halogens is 2. The summed E-state index contributed by atoms with van der Waals surface area (Å²) in [6.45, 7) is 3.79. The third-order valence-electron chi connectivity index (χ3n) is 3.17. The van der Waals surface area contributed by atoms with Crippen molar-refractivity contribution in [3.8, 4) is 5.75 Å². The Morgan fingerprint density at radius 2 is 1.90 bits per heavy atom. The number of rotatable bonds is 4. The summed E-state index contributed by atoms with van der Waals surface area (Å²) in [5.41, 5.74) is 7.75. The van der Waals surface area contributed by atoms with Crippen molar-refractivity contribution in [2.24, 2.45) is 5.73 Å². The van der Waals surface area contributed by atoms with Gasteiger partial charge in [-0.05, 0) is 43.2 Å². The topological polar surface area (TPSA) is 35.2 Å². The van der Waals surface area contributed by atoms with E-state index in [1.54, 1.807) is 25.1 Å². The molecule has 1 atom stereocenters. The Morgan fingerprint density at radius 1 is 1.15 bits per heavy atom. The van der Waals surface area contributed by atoms with Gasteiger partial charge in [-0.15, -0.1) is 0 Å². The van der Waals surface area contributed by atoms with Crippen molar-refractivity contribution in [2.75, 3.05) is 0 Å². The van der Waals surface area contributed by atoms with Gasteiger partial charge in [0, 0.05) is 17.7 Å². The largest absolute Gasteiger partial charge is 0.489 e. The lowest BCUT2D eigenvalue weighted by atomic mass is 10.1. The summed E-state index contributed by atoms with van der Waals surface area (Å²) in [4.78, 5) is 0. The molecule has 20 heavy (non-hydrogen) atoms. The van der Waals surface area contributed by atoms with Crippen molar-refractivity contribution >= 4 is 0 Å². The van der Waals surface area contributed by atoms with Crippen LogP contribution in [0, 0.1) is 18.6 Å². The number of aryl methyl sites for hydroxylation is 1. The summed E-state index contributed by atoms with van der Waals surface area (Å²) in [5.74, 6) is -0.309. The molecule has 106 valence electrons. The van der Waals surface area contributed by atoms with E-state index in [-0.39, 0.29) is 18.5 Å². The van der Waals surface area contributed by atoms with E-state index in [1.807, 2.05) is 6.92 Å². The Morgan fingerprint density at radius 3 is 2.55 bits per heavy atom. The van der Waals surface area contributed by atoms with Gasteiger partial charge >= 0.3 is 0 Å². The van der Waals surface area contributed by atoms with Crippen molar-refractivity contribution < 1.29 is 13.5 Å². The van der Waals surface area contributed by atoms with Crippen LogP contribution in [0.15, 0.2) is 36.4 Å². The van der Waals surface area contributed by atoms with Crippen LogP contribution in [-0.4, -0.2) is 0 Å². The third kappa shape index (κ3) is 3.33. The van der Waals surface area contributed by atoms with Crippen LogP contribution in [0.5, 0.6) is 5.75 Å². The third-order valence-corrected chi connectivity index (χ3v) is 3.17. The zero-order valence-corrected chi connectivity index (χ0v) is 11.5. The lowest BCUT2D eigenvalue weighted by molar-refractivity contribution is 0.303. The van der Waals surface area contributed by atoms with E-state index in [4.69, 9.17) is 10.5 Å². The van der Waals surface area contributed by atoms with Gasteiger partial charge in [-0.2, -0.15) is 0 Å². The number of hydrogen-bond acceptors (Lipinski definition) is 2. The summed E-state index contributed by atoms with van der Waals surface area (Å²) in [5, 5.41) is 0. The Hall–Kier alpha value is -1.94. The molecule has 0 fully saturated rings. The minimum Gasteiger partial charge on any atom is -0.489 e. The molecular formula is C16H17F2NO. The first-order valence-electron chi connectivity index (χ1n) is 6.40. The highest BCUT2D eigenvalue weighted by Crippen LogP contribution is 2.22. The second kappa shape index (κ2) is 6.01. The molecule has 4 heteroatoms. The van der Waals surface area contributed by atoms with Crippen molar-refractivity contribution in [1.29, 1.82) is 0 Å². The highest BCUT2D eigenvalue weighted by molar-refractivity contribution is 5.31. The fourth-order valence-corrected chi connectivity index (χ4v) is 1.92.